The Bertz CT molecular complexity index is 843. The van der Waals surface area contributed by atoms with Gasteiger partial charge in [0.05, 0.1) is 0 Å². The standard InChI is InChI=1S/C24H25NO2/c1-19(2)25(24(26)22-11-7-4-8-12-22)17-20-13-15-23(16-14-20)27-18-21-9-5-3-6-10-21/h3-16,19H,17-18H2,1-2H3. The van der Waals surface area contributed by atoms with Crippen LogP contribution in [0.25, 0.3) is 0 Å². The third-order valence-electron chi connectivity index (χ3n) is 4.43. The maximum absolute atomic E-state index is 12.8. The number of carbonyl (C=O) groups excluding carboxylic acids is 1. The molecule has 138 valence electrons. The summed E-state index contributed by atoms with van der Waals surface area (Å²) in [5.41, 5.74) is 2.94. The lowest BCUT2D eigenvalue weighted by Gasteiger charge is -2.27. The molecule has 0 heterocycles. The Hall–Kier alpha value is -3.07. The monoisotopic (exact) mass is 359 g/mol. The van der Waals surface area contributed by atoms with Crippen molar-refractivity contribution >= 4 is 5.91 Å². The van der Waals surface area contributed by atoms with Gasteiger partial charge in [0.15, 0.2) is 0 Å². The third kappa shape index (κ3) is 5.20. The second-order valence-electron chi connectivity index (χ2n) is 6.81. The van der Waals surface area contributed by atoms with E-state index in [1.165, 1.54) is 0 Å². The maximum atomic E-state index is 12.8. The summed E-state index contributed by atoms with van der Waals surface area (Å²) in [6, 6.07) is 27.6. The van der Waals surface area contributed by atoms with Crippen LogP contribution in [-0.2, 0) is 13.2 Å². The molecule has 0 N–H and O–H groups in total. The second kappa shape index (κ2) is 9.04. The molecule has 0 unspecified atom stereocenters. The topological polar surface area (TPSA) is 29.5 Å². The zero-order chi connectivity index (χ0) is 19.1. The van der Waals surface area contributed by atoms with Gasteiger partial charge in [-0.05, 0) is 49.2 Å². The van der Waals surface area contributed by atoms with E-state index in [4.69, 9.17) is 4.74 Å². The maximum Gasteiger partial charge on any atom is 0.254 e. The molecule has 1 amide bonds. The van der Waals surface area contributed by atoms with Crippen LogP contribution in [0.2, 0.25) is 0 Å². The quantitative estimate of drug-likeness (QED) is 0.572. The lowest BCUT2D eigenvalue weighted by Crippen LogP contribution is -2.36. The van der Waals surface area contributed by atoms with Crippen LogP contribution in [0.15, 0.2) is 84.9 Å². The summed E-state index contributed by atoms with van der Waals surface area (Å²) in [7, 11) is 0. The van der Waals surface area contributed by atoms with Crippen LogP contribution in [0.1, 0.15) is 35.3 Å². The van der Waals surface area contributed by atoms with E-state index in [1.807, 2.05) is 104 Å². The second-order valence-corrected chi connectivity index (χ2v) is 6.81. The van der Waals surface area contributed by atoms with Gasteiger partial charge in [-0.25, -0.2) is 0 Å². The van der Waals surface area contributed by atoms with Crippen molar-refractivity contribution in [2.75, 3.05) is 0 Å². The molecule has 0 atom stereocenters. The van der Waals surface area contributed by atoms with Crippen LogP contribution in [0.5, 0.6) is 5.75 Å². The van der Waals surface area contributed by atoms with E-state index < -0.39 is 0 Å². The summed E-state index contributed by atoms with van der Waals surface area (Å²) in [4.78, 5) is 14.7. The van der Waals surface area contributed by atoms with Gasteiger partial charge < -0.3 is 9.64 Å². The summed E-state index contributed by atoms with van der Waals surface area (Å²) >= 11 is 0. The van der Waals surface area contributed by atoms with Crippen molar-refractivity contribution in [1.82, 2.24) is 4.90 Å². The highest BCUT2D eigenvalue weighted by molar-refractivity contribution is 5.94. The molecule has 0 saturated carbocycles. The molecular formula is C24H25NO2. The number of nitrogens with zero attached hydrogens (tertiary/aromatic N) is 1. The average Bonchev–Trinajstić information content (AvgIpc) is 2.72. The molecule has 0 fully saturated rings. The van der Waals surface area contributed by atoms with E-state index >= 15 is 0 Å². The number of hydrogen-bond acceptors (Lipinski definition) is 2. The fourth-order valence-electron chi connectivity index (χ4n) is 2.86. The minimum Gasteiger partial charge on any atom is -0.489 e. The van der Waals surface area contributed by atoms with E-state index in [2.05, 4.69) is 0 Å². The molecule has 3 aromatic carbocycles. The highest BCUT2D eigenvalue weighted by Gasteiger charge is 2.18. The summed E-state index contributed by atoms with van der Waals surface area (Å²) in [6.07, 6.45) is 0. The molecule has 0 aliphatic carbocycles. The molecule has 3 nitrogen and oxygen atoms in total. The first-order valence-corrected chi connectivity index (χ1v) is 9.25. The lowest BCUT2D eigenvalue weighted by molar-refractivity contribution is 0.0690. The van der Waals surface area contributed by atoms with Gasteiger partial charge in [-0.3, -0.25) is 4.79 Å². The molecule has 0 bridgehead atoms. The van der Waals surface area contributed by atoms with Gasteiger partial charge >= 0.3 is 0 Å². The van der Waals surface area contributed by atoms with Gasteiger partial charge in [-0.1, -0.05) is 60.7 Å². The Labute approximate surface area is 161 Å². The molecule has 0 aliphatic heterocycles. The van der Waals surface area contributed by atoms with Gasteiger partial charge in [0.25, 0.3) is 5.91 Å². The minimum atomic E-state index is 0.0509. The molecule has 0 aliphatic rings. The Balaban J connectivity index is 1.64. The predicted octanol–water partition coefficient (Wildman–Crippen LogP) is 5.32. The van der Waals surface area contributed by atoms with Crippen molar-refractivity contribution in [3.8, 4) is 5.75 Å². The van der Waals surface area contributed by atoms with Crippen LogP contribution in [-0.4, -0.2) is 16.8 Å². The van der Waals surface area contributed by atoms with Gasteiger partial charge in [-0.2, -0.15) is 0 Å². The Morgan fingerprint density at radius 1 is 0.815 bits per heavy atom. The summed E-state index contributed by atoms with van der Waals surface area (Å²) < 4.78 is 5.84. The molecule has 0 aromatic heterocycles. The lowest BCUT2D eigenvalue weighted by atomic mass is 10.1. The number of benzene rings is 3. The van der Waals surface area contributed by atoms with Crippen molar-refractivity contribution < 1.29 is 9.53 Å². The molecule has 3 aromatic rings. The highest BCUT2D eigenvalue weighted by atomic mass is 16.5. The number of ether oxygens (including phenoxy) is 1. The molecule has 27 heavy (non-hydrogen) atoms. The van der Waals surface area contributed by atoms with Crippen LogP contribution in [0.4, 0.5) is 0 Å². The van der Waals surface area contributed by atoms with Gasteiger partial charge in [0, 0.05) is 18.2 Å². The zero-order valence-electron chi connectivity index (χ0n) is 15.8. The van der Waals surface area contributed by atoms with Crippen molar-refractivity contribution in [2.45, 2.75) is 33.0 Å². The highest BCUT2D eigenvalue weighted by Crippen LogP contribution is 2.18. The van der Waals surface area contributed by atoms with Crippen LogP contribution in [0.3, 0.4) is 0 Å². The van der Waals surface area contributed by atoms with E-state index in [1.54, 1.807) is 0 Å². The largest absolute Gasteiger partial charge is 0.489 e. The minimum absolute atomic E-state index is 0.0509. The van der Waals surface area contributed by atoms with E-state index in [0.29, 0.717) is 18.7 Å². The molecule has 3 heteroatoms. The summed E-state index contributed by atoms with van der Waals surface area (Å²) in [5, 5.41) is 0. The van der Waals surface area contributed by atoms with Gasteiger partial charge in [-0.15, -0.1) is 0 Å². The first kappa shape index (κ1) is 18.7. The Morgan fingerprint density at radius 3 is 2.00 bits per heavy atom. The van der Waals surface area contributed by atoms with Gasteiger partial charge in [0.2, 0.25) is 0 Å². The van der Waals surface area contributed by atoms with E-state index in [-0.39, 0.29) is 11.9 Å². The first-order chi connectivity index (χ1) is 13.1. The number of hydrogen-bond donors (Lipinski definition) is 0. The number of rotatable bonds is 7. The van der Waals surface area contributed by atoms with Gasteiger partial charge in [0.1, 0.15) is 12.4 Å². The fraction of sp³-hybridized carbons (Fsp3) is 0.208. The zero-order valence-corrected chi connectivity index (χ0v) is 15.8. The molecule has 0 radical (unpaired) electrons. The molecule has 0 saturated heterocycles. The summed E-state index contributed by atoms with van der Waals surface area (Å²) in [5.74, 6) is 0.878. The SMILES string of the molecule is CC(C)N(Cc1ccc(OCc2ccccc2)cc1)C(=O)c1ccccc1. The smallest absolute Gasteiger partial charge is 0.254 e. The van der Waals surface area contributed by atoms with Crippen molar-refractivity contribution in [1.29, 1.82) is 0 Å². The fourth-order valence-corrected chi connectivity index (χ4v) is 2.86. The number of carbonyl (C=O) groups is 1. The van der Waals surface area contributed by atoms with Crippen LogP contribution in [0, 0.1) is 0 Å². The summed E-state index contributed by atoms with van der Waals surface area (Å²) in [6.45, 7) is 5.20. The van der Waals surface area contributed by atoms with Crippen LogP contribution >= 0.6 is 0 Å². The predicted molar refractivity (Wildman–Crippen MR) is 109 cm³/mol. The average molecular weight is 359 g/mol. The Kier molecular flexibility index (Phi) is 6.26. The van der Waals surface area contributed by atoms with Crippen LogP contribution < -0.4 is 4.74 Å². The normalized spacial score (nSPS) is 10.6. The molecule has 0 spiro atoms. The van der Waals surface area contributed by atoms with Crippen molar-refractivity contribution in [3.63, 3.8) is 0 Å². The third-order valence-corrected chi connectivity index (χ3v) is 4.43. The first-order valence-electron chi connectivity index (χ1n) is 9.25. The van der Waals surface area contributed by atoms with E-state index in [0.717, 1.165) is 16.9 Å². The molecule has 3 rings (SSSR count). The van der Waals surface area contributed by atoms with Crippen molar-refractivity contribution in [2.24, 2.45) is 0 Å². The Morgan fingerprint density at radius 2 is 1.41 bits per heavy atom. The molecular weight excluding hydrogens is 334 g/mol. The van der Waals surface area contributed by atoms with Crippen molar-refractivity contribution in [3.05, 3.63) is 102 Å². The van der Waals surface area contributed by atoms with E-state index in [9.17, 15) is 4.79 Å². The number of amides is 1.